The predicted octanol–water partition coefficient (Wildman–Crippen LogP) is 2.32. The van der Waals surface area contributed by atoms with Gasteiger partial charge in [-0.05, 0) is 12.2 Å². The van der Waals surface area contributed by atoms with Crippen molar-refractivity contribution >= 4 is 23.4 Å². The summed E-state index contributed by atoms with van der Waals surface area (Å²) >= 11 is 1.53. The third-order valence-corrected chi connectivity index (χ3v) is 2.70. The average molecular weight is 270 g/mol. The van der Waals surface area contributed by atoms with Gasteiger partial charge in [-0.25, -0.2) is 9.97 Å². The number of hydrogen-bond acceptors (Lipinski definition) is 6. The van der Waals surface area contributed by atoms with E-state index < -0.39 is 0 Å². The van der Waals surface area contributed by atoms with E-state index in [1.165, 1.54) is 11.8 Å². The normalized spacial score (nSPS) is 10.7. The fraction of sp³-hybridized carbons (Fsp3) is 0.667. The first kappa shape index (κ1) is 15.0. The Morgan fingerprint density at radius 1 is 1.33 bits per heavy atom. The van der Waals surface area contributed by atoms with Gasteiger partial charge in [-0.3, -0.25) is 0 Å². The molecule has 102 valence electrons. The van der Waals surface area contributed by atoms with Crippen molar-refractivity contribution in [3.05, 3.63) is 6.07 Å². The molecular weight excluding hydrogens is 248 g/mol. The number of rotatable bonds is 8. The molecule has 0 fully saturated rings. The summed E-state index contributed by atoms with van der Waals surface area (Å²) in [4.78, 5) is 8.69. The summed E-state index contributed by atoms with van der Waals surface area (Å²) in [6.45, 7) is 6.51. The standard InChI is InChI=1S/C12H22N4OS/c1-9(2)8-17-6-5-14-11-7-10(13-3)15-12(16-11)18-4/h7,9H,5-6,8H2,1-4H3,(H2,13,14,15,16). The lowest BCUT2D eigenvalue weighted by molar-refractivity contribution is 0.118. The van der Waals surface area contributed by atoms with Gasteiger partial charge in [0.25, 0.3) is 0 Å². The van der Waals surface area contributed by atoms with Crippen LogP contribution in [0.3, 0.4) is 0 Å². The van der Waals surface area contributed by atoms with Crippen LogP contribution in [0.2, 0.25) is 0 Å². The maximum atomic E-state index is 5.50. The van der Waals surface area contributed by atoms with Crippen molar-refractivity contribution in [2.45, 2.75) is 19.0 Å². The van der Waals surface area contributed by atoms with E-state index in [0.29, 0.717) is 12.5 Å². The highest BCUT2D eigenvalue weighted by Crippen LogP contribution is 2.16. The van der Waals surface area contributed by atoms with Crippen molar-refractivity contribution in [1.29, 1.82) is 0 Å². The molecule has 0 aliphatic rings. The first-order chi connectivity index (χ1) is 8.65. The molecule has 1 aromatic rings. The van der Waals surface area contributed by atoms with Gasteiger partial charge in [0, 0.05) is 26.3 Å². The number of hydrogen-bond donors (Lipinski definition) is 2. The minimum atomic E-state index is 0.572. The molecule has 0 aliphatic carbocycles. The van der Waals surface area contributed by atoms with Crippen molar-refractivity contribution in [2.24, 2.45) is 5.92 Å². The van der Waals surface area contributed by atoms with Gasteiger partial charge >= 0.3 is 0 Å². The van der Waals surface area contributed by atoms with Gasteiger partial charge < -0.3 is 15.4 Å². The molecule has 1 aromatic heterocycles. The van der Waals surface area contributed by atoms with Crippen LogP contribution in [0.25, 0.3) is 0 Å². The predicted molar refractivity (Wildman–Crippen MR) is 77.5 cm³/mol. The summed E-state index contributed by atoms with van der Waals surface area (Å²) in [7, 11) is 1.85. The van der Waals surface area contributed by atoms with Crippen molar-refractivity contribution in [1.82, 2.24) is 9.97 Å². The first-order valence-electron chi connectivity index (χ1n) is 6.08. The molecular formula is C12H22N4OS. The third-order valence-electron chi connectivity index (χ3n) is 2.15. The van der Waals surface area contributed by atoms with E-state index in [4.69, 9.17) is 4.74 Å². The Bertz CT molecular complexity index is 338. The number of anilines is 2. The molecule has 0 saturated heterocycles. The van der Waals surface area contributed by atoms with Crippen molar-refractivity contribution in [3.63, 3.8) is 0 Å². The van der Waals surface area contributed by atoms with Crippen LogP contribution in [-0.4, -0.2) is 43.0 Å². The Morgan fingerprint density at radius 2 is 2.06 bits per heavy atom. The van der Waals surface area contributed by atoms with E-state index in [0.717, 1.165) is 29.9 Å². The number of nitrogens with zero attached hydrogens (tertiary/aromatic N) is 2. The quantitative estimate of drug-likeness (QED) is 0.429. The molecule has 0 aromatic carbocycles. The van der Waals surface area contributed by atoms with Crippen LogP contribution in [-0.2, 0) is 4.74 Å². The zero-order chi connectivity index (χ0) is 13.4. The second-order valence-electron chi connectivity index (χ2n) is 4.27. The second-order valence-corrected chi connectivity index (χ2v) is 5.04. The molecule has 0 atom stereocenters. The molecule has 1 heterocycles. The van der Waals surface area contributed by atoms with Gasteiger partial charge in [0.2, 0.25) is 0 Å². The van der Waals surface area contributed by atoms with Crippen LogP contribution in [0.4, 0.5) is 11.6 Å². The van der Waals surface area contributed by atoms with Crippen molar-refractivity contribution < 1.29 is 4.74 Å². The highest BCUT2D eigenvalue weighted by molar-refractivity contribution is 7.98. The summed E-state index contributed by atoms with van der Waals surface area (Å²) in [5.41, 5.74) is 0. The fourth-order valence-corrected chi connectivity index (χ4v) is 1.68. The molecule has 0 aliphatic heterocycles. The lowest BCUT2D eigenvalue weighted by Crippen LogP contribution is -2.13. The average Bonchev–Trinajstić information content (AvgIpc) is 2.37. The molecule has 1 rings (SSSR count). The van der Waals surface area contributed by atoms with Crippen LogP contribution >= 0.6 is 11.8 Å². The highest BCUT2D eigenvalue weighted by atomic mass is 32.2. The minimum absolute atomic E-state index is 0.572. The molecule has 0 spiro atoms. The molecule has 18 heavy (non-hydrogen) atoms. The van der Waals surface area contributed by atoms with Gasteiger partial charge in [-0.1, -0.05) is 25.6 Å². The first-order valence-corrected chi connectivity index (χ1v) is 7.30. The molecule has 0 amide bonds. The third kappa shape index (κ3) is 5.55. The Balaban J connectivity index is 2.41. The van der Waals surface area contributed by atoms with E-state index in [2.05, 4.69) is 34.4 Å². The summed E-state index contributed by atoms with van der Waals surface area (Å²) in [5.74, 6) is 2.22. The number of thioether (sulfide) groups is 1. The molecule has 5 nitrogen and oxygen atoms in total. The molecule has 0 bridgehead atoms. The van der Waals surface area contributed by atoms with Crippen LogP contribution in [0.15, 0.2) is 11.2 Å². The smallest absolute Gasteiger partial charge is 0.191 e. The number of ether oxygens (including phenoxy) is 1. The number of nitrogens with one attached hydrogen (secondary N) is 2. The van der Waals surface area contributed by atoms with E-state index in [1.807, 2.05) is 19.4 Å². The maximum Gasteiger partial charge on any atom is 0.191 e. The maximum absolute atomic E-state index is 5.50. The Morgan fingerprint density at radius 3 is 2.67 bits per heavy atom. The van der Waals surface area contributed by atoms with E-state index in [-0.39, 0.29) is 0 Å². The van der Waals surface area contributed by atoms with Gasteiger partial charge in [0.05, 0.1) is 6.61 Å². The zero-order valence-electron chi connectivity index (χ0n) is 11.5. The molecule has 6 heteroatoms. The number of aromatic nitrogens is 2. The summed E-state index contributed by atoms with van der Waals surface area (Å²) < 4.78 is 5.50. The Labute approximate surface area is 113 Å². The summed E-state index contributed by atoms with van der Waals surface area (Å²) in [5, 5.41) is 7.02. The van der Waals surface area contributed by atoms with Crippen LogP contribution in [0.1, 0.15) is 13.8 Å². The Hall–Kier alpha value is -1.01. The Kier molecular flexibility index (Phi) is 6.82. The summed E-state index contributed by atoms with van der Waals surface area (Å²) in [6.07, 6.45) is 1.96. The zero-order valence-corrected chi connectivity index (χ0v) is 12.3. The van der Waals surface area contributed by atoms with E-state index >= 15 is 0 Å². The van der Waals surface area contributed by atoms with Crippen molar-refractivity contribution in [2.75, 3.05) is 43.7 Å². The second kappa shape index (κ2) is 8.16. The SMILES string of the molecule is CNc1cc(NCCOCC(C)C)nc(SC)n1. The highest BCUT2D eigenvalue weighted by Gasteiger charge is 2.02. The monoisotopic (exact) mass is 270 g/mol. The largest absolute Gasteiger partial charge is 0.379 e. The van der Waals surface area contributed by atoms with Gasteiger partial charge in [-0.15, -0.1) is 0 Å². The van der Waals surface area contributed by atoms with Gasteiger partial charge in [0.1, 0.15) is 11.6 Å². The lowest BCUT2D eigenvalue weighted by Gasteiger charge is -2.10. The molecule has 0 radical (unpaired) electrons. The van der Waals surface area contributed by atoms with Crippen LogP contribution < -0.4 is 10.6 Å². The molecule has 2 N–H and O–H groups in total. The fourth-order valence-electron chi connectivity index (χ4n) is 1.31. The molecule has 0 saturated carbocycles. The van der Waals surface area contributed by atoms with Crippen LogP contribution in [0, 0.1) is 5.92 Å². The van der Waals surface area contributed by atoms with E-state index in [9.17, 15) is 0 Å². The van der Waals surface area contributed by atoms with Crippen LogP contribution in [0.5, 0.6) is 0 Å². The lowest BCUT2D eigenvalue weighted by atomic mass is 10.2. The molecule has 0 unspecified atom stereocenters. The topological polar surface area (TPSA) is 59.1 Å². The van der Waals surface area contributed by atoms with E-state index in [1.54, 1.807) is 0 Å². The minimum Gasteiger partial charge on any atom is -0.379 e. The summed E-state index contributed by atoms with van der Waals surface area (Å²) in [6, 6.07) is 1.89. The van der Waals surface area contributed by atoms with Crippen molar-refractivity contribution in [3.8, 4) is 0 Å². The van der Waals surface area contributed by atoms with Gasteiger partial charge in [-0.2, -0.15) is 0 Å². The van der Waals surface area contributed by atoms with Gasteiger partial charge in [0.15, 0.2) is 5.16 Å².